The Labute approximate surface area is 223 Å². The topological polar surface area (TPSA) is 84.9 Å². The fourth-order valence-electron chi connectivity index (χ4n) is 3.40. The molecule has 4 amide bonds. The lowest BCUT2D eigenvalue weighted by molar-refractivity contribution is -0.122. The molecule has 4 rings (SSSR count). The maximum atomic E-state index is 13.3. The zero-order valence-electron chi connectivity index (χ0n) is 18.5. The smallest absolute Gasteiger partial charge is 0.335 e. The second-order valence-electron chi connectivity index (χ2n) is 7.51. The molecule has 1 aliphatic heterocycles. The van der Waals surface area contributed by atoms with E-state index in [1.165, 1.54) is 25.3 Å². The van der Waals surface area contributed by atoms with Gasteiger partial charge >= 0.3 is 6.03 Å². The minimum absolute atomic E-state index is 0.113. The number of methoxy groups -OCH3 is 1. The van der Waals surface area contributed by atoms with Gasteiger partial charge in [0.1, 0.15) is 18.0 Å². The summed E-state index contributed by atoms with van der Waals surface area (Å²) in [5, 5.41) is 2.95. The fourth-order valence-corrected chi connectivity index (χ4v) is 4.29. The van der Waals surface area contributed by atoms with Crippen molar-refractivity contribution in [1.82, 2.24) is 5.32 Å². The fraction of sp³-hybridized carbons (Fsp3) is 0.0800. The van der Waals surface area contributed by atoms with Crippen LogP contribution in [0.4, 0.5) is 14.9 Å². The Balaban J connectivity index is 1.63. The van der Waals surface area contributed by atoms with E-state index in [4.69, 9.17) is 32.7 Å². The number of nitrogens with one attached hydrogen (secondary N) is 1. The van der Waals surface area contributed by atoms with Crippen molar-refractivity contribution in [3.05, 3.63) is 91.6 Å². The van der Waals surface area contributed by atoms with E-state index in [-0.39, 0.29) is 17.9 Å². The lowest BCUT2D eigenvalue weighted by atomic mass is 10.1. The van der Waals surface area contributed by atoms with Gasteiger partial charge in [-0.2, -0.15) is 0 Å². The molecule has 11 heteroatoms. The standard InChI is InChI=1S/C25H16BrCl2FN2O5/c1-35-21-11-14(9-18(26)22(21)36-12-13-2-7-19(27)20(28)10-13)8-17-23(32)30-25(34)31(24(17)33)16-5-3-15(29)4-6-16/h2-11H,12H2,1H3,(H,30,32,34)/b17-8+. The van der Waals surface area contributed by atoms with E-state index in [9.17, 15) is 18.8 Å². The Morgan fingerprint density at radius 1 is 1.03 bits per heavy atom. The molecule has 1 N–H and O–H groups in total. The third-order valence-electron chi connectivity index (χ3n) is 5.12. The number of imide groups is 2. The Kier molecular flexibility index (Phi) is 7.63. The number of carbonyl (C=O) groups is 3. The quantitative estimate of drug-likeness (QED) is 0.274. The van der Waals surface area contributed by atoms with E-state index in [0.717, 1.165) is 22.6 Å². The Hall–Kier alpha value is -3.40. The average Bonchev–Trinajstić information content (AvgIpc) is 2.84. The summed E-state index contributed by atoms with van der Waals surface area (Å²) in [6, 6.07) is 12.1. The summed E-state index contributed by atoms with van der Waals surface area (Å²) in [7, 11) is 1.44. The number of carbonyl (C=O) groups excluding carboxylic acids is 3. The van der Waals surface area contributed by atoms with Crippen LogP contribution in [0.25, 0.3) is 6.08 Å². The number of amides is 4. The Morgan fingerprint density at radius 2 is 1.75 bits per heavy atom. The highest BCUT2D eigenvalue weighted by atomic mass is 79.9. The summed E-state index contributed by atoms with van der Waals surface area (Å²) in [4.78, 5) is 38.6. The van der Waals surface area contributed by atoms with Crippen LogP contribution in [0.1, 0.15) is 11.1 Å². The molecule has 3 aromatic carbocycles. The molecule has 1 heterocycles. The number of halogens is 4. The van der Waals surface area contributed by atoms with Gasteiger partial charge in [0.15, 0.2) is 11.5 Å². The van der Waals surface area contributed by atoms with Gasteiger partial charge in [0, 0.05) is 0 Å². The van der Waals surface area contributed by atoms with Gasteiger partial charge in [-0.3, -0.25) is 14.9 Å². The number of barbiturate groups is 1. The molecule has 1 aliphatic rings. The summed E-state index contributed by atoms with van der Waals surface area (Å²) in [6.07, 6.45) is 1.32. The maximum Gasteiger partial charge on any atom is 0.335 e. The zero-order chi connectivity index (χ0) is 26.0. The van der Waals surface area contributed by atoms with Gasteiger partial charge in [0.05, 0.1) is 27.3 Å². The SMILES string of the molecule is COc1cc(/C=C2\C(=O)NC(=O)N(c3ccc(F)cc3)C2=O)cc(Br)c1OCc1ccc(Cl)c(Cl)c1. The van der Waals surface area contributed by atoms with Gasteiger partial charge < -0.3 is 9.47 Å². The molecule has 0 aliphatic carbocycles. The molecule has 0 spiro atoms. The molecule has 1 saturated heterocycles. The third kappa shape index (κ3) is 5.38. The molecule has 0 bridgehead atoms. The van der Waals surface area contributed by atoms with Crippen molar-refractivity contribution in [2.24, 2.45) is 0 Å². The average molecular weight is 594 g/mol. The number of hydrogen-bond donors (Lipinski definition) is 1. The van der Waals surface area contributed by atoms with Gasteiger partial charge in [0.25, 0.3) is 11.8 Å². The number of rotatable bonds is 6. The lowest BCUT2D eigenvalue weighted by Crippen LogP contribution is -2.54. The molecule has 0 radical (unpaired) electrons. The predicted molar refractivity (Wildman–Crippen MR) is 137 cm³/mol. The number of hydrogen-bond acceptors (Lipinski definition) is 5. The van der Waals surface area contributed by atoms with Crippen LogP contribution in [0.2, 0.25) is 10.0 Å². The number of benzene rings is 3. The van der Waals surface area contributed by atoms with E-state index >= 15 is 0 Å². The van der Waals surface area contributed by atoms with Gasteiger partial charge in [-0.25, -0.2) is 14.1 Å². The van der Waals surface area contributed by atoms with E-state index in [1.54, 1.807) is 30.3 Å². The van der Waals surface area contributed by atoms with E-state index in [2.05, 4.69) is 21.2 Å². The number of anilines is 1. The van der Waals surface area contributed by atoms with E-state index in [1.807, 2.05) is 0 Å². The highest BCUT2D eigenvalue weighted by Gasteiger charge is 2.36. The normalized spacial score (nSPS) is 14.8. The van der Waals surface area contributed by atoms with Crippen molar-refractivity contribution >= 4 is 68.7 Å². The number of ether oxygens (including phenoxy) is 2. The van der Waals surface area contributed by atoms with Crippen LogP contribution in [0, 0.1) is 5.82 Å². The maximum absolute atomic E-state index is 13.3. The monoisotopic (exact) mass is 592 g/mol. The van der Waals surface area contributed by atoms with Gasteiger partial charge in [0.2, 0.25) is 0 Å². The van der Waals surface area contributed by atoms with E-state index in [0.29, 0.717) is 31.6 Å². The second kappa shape index (κ2) is 10.7. The van der Waals surface area contributed by atoms with Crippen LogP contribution in [0.5, 0.6) is 11.5 Å². The molecule has 0 saturated carbocycles. The molecule has 184 valence electrons. The first kappa shape index (κ1) is 25.7. The molecule has 7 nitrogen and oxygen atoms in total. The zero-order valence-corrected chi connectivity index (χ0v) is 21.6. The number of urea groups is 1. The van der Waals surface area contributed by atoms with Crippen molar-refractivity contribution < 1.29 is 28.2 Å². The molecule has 0 unspecified atom stereocenters. The molecule has 3 aromatic rings. The lowest BCUT2D eigenvalue weighted by Gasteiger charge is -2.26. The van der Waals surface area contributed by atoms with Crippen LogP contribution in [-0.4, -0.2) is 25.0 Å². The molecule has 0 aromatic heterocycles. The van der Waals surface area contributed by atoms with Crippen LogP contribution in [-0.2, 0) is 16.2 Å². The van der Waals surface area contributed by atoms with Crippen molar-refractivity contribution in [2.75, 3.05) is 12.0 Å². The van der Waals surface area contributed by atoms with Crippen LogP contribution < -0.4 is 19.7 Å². The van der Waals surface area contributed by atoms with Crippen molar-refractivity contribution in [3.63, 3.8) is 0 Å². The second-order valence-corrected chi connectivity index (χ2v) is 9.17. The van der Waals surface area contributed by atoms with Crippen molar-refractivity contribution in [3.8, 4) is 11.5 Å². The van der Waals surface area contributed by atoms with E-state index < -0.39 is 23.7 Å². The van der Waals surface area contributed by atoms with Gasteiger partial charge in [-0.1, -0.05) is 29.3 Å². The molecule has 0 atom stereocenters. The first-order valence-corrected chi connectivity index (χ1v) is 11.8. The third-order valence-corrected chi connectivity index (χ3v) is 6.44. The minimum Gasteiger partial charge on any atom is -0.493 e. The first-order valence-electron chi connectivity index (χ1n) is 10.3. The number of nitrogens with zero attached hydrogens (tertiary/aromatic N) is 1. The molecule has 1 fully saturated rings. The molecular formula is C25H16BrCl2FN2O5. The minimum atomic E-state index is -0.932. The summed E-state index contributed by atoms with van der Waals surface area (Å²) in [5.74, 6) is -1.54. The van der Waals surface area contributed by atoms with Crippen LogP contribution in [0.3, 0.4) is 0 Å². The highest BCUT2D eigenvalue weighted by Crippen LogP contribution is 2.38. The van der Waals surface area contributed by atoms with Gasteiger partial charge in [-0.15, -0.1) is 0 Å². The Morgan fingerprint density at radius 3 is 2.42 bits per heavy atom. The van der Waals surface area contributed by atoms with Crippen LogP contribution in [0.15, 0.2) is 64.6 Å². The highest BCUT2D eigenvalue weighted by molar-refractivity contribution is 9.10. The molecular weight excluding hydrogens is 578 g/mol. The molecule has 36 heavy (non-hydrogen) atoms. The predicted octanol–water partition coefficient (Wildman–Crippen LogP) is 6.15. The first-order chi connectivity index (χ1) is 17.2. The summed E-state index contributed by atoms with van der Waals surface area (Å²) in [6.45, 7) is 0.169. The largest absolute Gasteiger partial charge is 0.493 e. The van der Waals surface area contributed by atoms with Crippen molar-refractivity contribution in [2.45, 2.75) is 6.61 Å². The van der Waals surface area contributed by atoms with Gasteiger partial charge in [-0.05, 0) is 81.7 Å². The Bertz CT molecular complexity index is 1410. The van der Waals surface area contributed by atoms with Crippen molar-refractivity contribution in [1.29, 1.82) is 0 Å². The summed E-state index contributed by atoms with van der Waals surface area (Å²) in [5.41, 5.74) is 1.02. The summed E-state index contributed by atoms with van der Waals surface area (Å²) >= 11 is 15.4. The van der Waals surface area contributed by atoms with Crippen LogP contribution >= 0.6 is 39.1 Å². The summed E-state index contributed by atoms with van der Waals surface area (Å²) < 4.78 is 25.1.